The van der Waals surface area contributed by atoms with Crippen molar-refractivity contribution in [2.24, 2.45) is 0 Å². The summed E-state index contributed by atoms with van der Waals surface area (Å²) in [6.07, 6.45) is -2.10. The van der Waals surface area contributed by atoms with Crippen LogP contribution in [0.5, 0.6) is 0 Å². The van der Waals surface area contributed by atoms with Crippen molar-refractivity contribution in [3.63, 3.8) is 0 Å². The van der Waals surface area contributed by atoms with Gasteiger partial charge in [-0.15, -0.1) is 4.90 Å². The molecule has 214 valence electrons. The molecule has 1 N–H and O–H groups in total. The Balaban J connectivity index is 2.40. The van der Waals surface area contributed by atoms with Crippen LogP contribution >= 0.6 is 22.6 Å². The zero-order chi connectivity index (χ0) is 30.4. The molecule has 1 atom stereocenters. The zero-order valence-corrected chi connectivity index (χ0v) is 26.4. The van der Waals surface area contributed by atoms with Gasteiger partial charge in [0.25, 0.3) is 5.91 Å². The van der Waals surface area contributed by atoms with Gasteiger partial charge in [0.1, 0.15) is 28.5 Å². The van der Waals surface area contributed by atoms with E-state index < -0.39 is 45.4 Å². The largest absolute Gasteiger partial charge is 0.524 e. The van der Waals surface area contributed by atoms with Gasteiger partial charge in [0.15, 0.2) is 5.69 Å². The molecule has 10 heteroatoms. The summed E-state index contributed by atoms with van der Waals surface area (Å²) in [5.41, 5.74) is -1.13. The van der Waals surface area contributed by atoms with E-state index in [1.807, 2.05) is 36.4 Å². The molecule has 2 aromatic carbocycles. The number of carbonyl (C=O) groups is 4. The first-order valence-electron chi connectivity index (χ1n) is 12.7. The van der Waals surface area contributed by atoms with E-state index in [1.165, 1.54) is 6.07 Å². The zero-order valence-electron chi connectivity index (χ0n) is 24.3. The van der Waals surface area contributed by atoms with Crippen LogP contribution in [0.2, 0.25) is 0 Å². The normalized spacial score (nSPS) is 17.0. The smallest absolute Gasteiger partial charge is 0.443 e. The number of ether oxygens (including phenoxy) is 2. The summed E-state index contributed by atoms with van der Waals surface area (Å²) in [5, 5.41) is 10.6. The van der Waals surface area contributed by atoms with Crippen LogP contribution in [0.3, 0.4) is 0 Å². The summed E-state index contributed by atoms with van der Waals surface area (Å²) in [6, 6.07) is 12.6. The Morgan fingerprint density at radius 1 is 0.800 bits per heavy atom. The highest BCUT2D eigenvalue weighted by molar-refractivity contribution is 14.1. The van der Waals surface area contributed by atoms with E-state index in [2.05, 4.69) is 22.6 Å². The third-order valence-electron chi connectivity index (χ3n) is 6.08. The van der Waals surface area contributed by atoms with Gasteiger partial charge in [-0.3, -0.25) is 4.79 Å². The molecule has 1 unspecified atom stereocenters. The van der Waals surface area contributed by atoms with Crippen LogP contribution in [0.4, 0.5) is 20.1 Å². The SMILES string of the molecule is CC(C)(C)OC(=O)N(C(=O)OC(C)(C)C)C(=O)c1cc(-c2ccccc2)cc2c1[N+](C(=O)O)(C(C)(C)C)C=C2I. The molecule has 0 spiro atoms. The number of carboxylic acid groups (broad SMARTS) is 1. The quantitative estimate of drug-likeness (QED) is 0.255. The number of amides is 4. The number of halogens is 1. The second kappa shape index (κ2) is 10.6. The summed E-state index contributed by atoms with van der Waals surface area (Å²) >= 11 is 2.05. The highest BCUT2D eigenvalue weighted by atomic mass is 127. The van der Waals surface area contributed by atoms with Gasteiger partial charge in [-0.25, -0.2) is 9.59 Å². The lowest BCUT2D eigenvalue weighted by Gasteiger charge is -2.39. The molecule has 0 aliphatic carbocycles. The first kappa shape index (κ1) is 31.3. The van der Waals surface area contributed by atoms with E-state index in [9.17, 15) is 24.3 Å². The Kier molecular flexibility index (Phi) is 8.31. The number of hydrogen-bond donors (Lipinski definition) is 1. The van der Waals surface area contributed by atoms with Gasteiger partial charge in [0.2, 0.25) is 0 Å². The van der Waals surface area contributed by atoms with Crippen LogP contribution in [-0.4, -0.2) is 50.9 Å². The molecule has 2 aromatic rings. The number of quaternary nitrogens is 1. The van der Waals surface area contributed by atoms with E-state index >= 15 is 0 Å². The first-order valence-corrected chi connectivity index (χ1v) is 13.8. The van der Waals surface area contributed by atoms with Crippen molar-refractivity contribution in [1.82, 2.24) is 9.38 Å². The third-order valence-corrected chi connectivity index (χ3v) is 6.94. The van der Waals surface area contributed by atoms with Crippen molar-refractivity contribution < 1.29 is 33.8 Å². The minimum absolute atomic E-state index is 0.131. The number of carbonyl (C=O) groups excluding carboxylic acids is 3. The molecule has 0 fully saturated rings. The molecule has 0 saturated carbocycles. The Labute approximate surface area is 248 Å². The van der Waals surface area contributed by atoms with Gasteiger partial charge < -0.3 is 14.6 Å². The summed E-state index contributed by atoms with van der Waals surface area (Å²) in [7, 11) is 0. The fourth-order valence-electron chi connectivity index (χ4n) is 4.40. The molecule has 3 rings (SSSR count). The molecular weight excluding hydrogens is 627 g/mol. The lowest BCUT2D eigenvalue weighted by molar-refractivity contribution is 0.00397. The number of imide groups is 3. The fourth-order valence-corrected chi connectivity index (χ4v) is 5.23. The maximum Gasteiger partial charge on any atom is 0.524 e. The predicted molar refractivity (Wildman–Crippen MR) is 162 cm³/mol. The number of nitrogens with zero attached hydrogens (tertiary/aromatic N) is 2. The standard InChI is InChI=1S/C30H35IN2O7/c1-28(2,3)33(27(37)38)17-22(31)20-15-19(18-13-11-10-12-14-18)16-21(23(20)33)24(34)32(25(35)39-29(4,5)6)26(36)40-30(7,8)9/h10-17H,1-9H3/p+1. The van der Waals surface area contributed by atoms with Crippen molar-refractivity contribution in [1.29, 1.82) is 0 Å². The Hall–Kier alpha value is -3.25. The van der Waals surface area contributed by atoms with Gasteiger partial charge in [-0.1, -0.05) is 30.3 Å². The minimum atomic E-state index is -1.23. The van der Waals surface area contributed by atoms with Crippen LogP contribution in [0, 0.1) is 0 Å². The van der Waals surface area contributed by atoms with E-state index in [-0.39, 0.29) is 11.3 Å². The summed E-state index contributed by atoms with van der Waals surface area (Å²) in [5.74, 6) is -1.05. The molecule has 4 amide bonds. The molecule has 9 nitrogen and oxygen atoms in total. The Bertz CT molecular complexity index is 1370. The maximum atomic E-state index is 14.4. The van der Waals surface area contributed by atoms with Crippen molar-refractivity contribution >= 4 is 56.0 Å². The predicted octanol–water partition coefficient (Wildman–Crippen LogP) is 8.20. The third kappa shape index (κ3) is 6.07. The summed E-state index contributed by atoms with van der Waals surface area (Å²) < 4.78 is 10.7. The number of rotatable bonds is 2. The Morgan fingerprint density at radius 2 is 1.30 bits per heavy atom. The maximum absolute atomic E-state index is 14.4. The van der Waals surface area contributed by atoms with Crippen LogP contribution in [0.1, 0.15) is 78.2 Å². The summed E-state index contributed by atoms with van der Waals surface area (Å²) in [6.45, 7) is 14.9. The second-order valence-corrected chi connectivity index (χ2v) is 13.7. The molecule has 0 radical (unpaired) electrons. The van der Waals surface area contributed by atoms with Crippen molar-refractivity contribution in [2.45, 2.75) is 79.1 Å². The van der Waals surface area contributed by atoms with Gasteiger partial charge >= 0.3 is 18.3 Å². The highest BCUT2D eigenvalue weighted by Crippen LogP contribution is 2.51. The molecular formula is C30H36IN2O7+. The van der Waals surface area contributed by atoms with Gasteiger partial charge in [0.05, 0.1) is 9.14 Å². The fraction of sp³-hybridized carbons (Fsp3) is 0.400. The van der Waals surface area contributed by atoms with E-state index in [0.717, 1.165) is 5.56 Å². The van der Waals surface area contributed by atoms with E-state index in [4.69, 9.17) is 9.47 Å². The van der Waals surface area contributed by atoms with Crippen molar-refractivity contribution in [3.05, 3.63) is 59.8 Å². The van der Waals surface area contributed by atoms with Crippen LogP contribution < -0.4 is 4.48 Å². The molecule has 1 heterocycles. The van der Waals surface area contributed by atoms with Gasteiger partial charge in [-0.2, -0.15) is 9.28 Å². The molecule has 40 heavy (non-hydrogen) atoms. The monoisotopic (exact) mass is 663 g/mol. The van der Waals surface area contributed by atoms with Crippen LogP contribution in [-0.2, 0) is 9.47 Å². The molecule has 0 bridgehead atoms. The average molecular weight is 664 g/mol. The second-order valence-electron chi connectivity index (χ2n) is 12.5. The van der Waals surface area contributed by atoms with Gasteiger partial charge in [-0.05, 0) is 108 Å². The first-order chi connectivity index (χ1) is 18.2. The van der Waals surface area contributed by atoms with E-state index in [1.54, 1.807) is 68.5 Å². The Morgan fingerprint density at radius 3 is 1.73 bits per heavy atom. The topological polar surface area (TPSA) is 110 Å². The van der Waals surface area contributed by atoms with Crippen molar-refractivity contribution in [2.75, 3.05) is 0 Å². The number of hydrogen-bond acceptors (Lipinski definition) is 6. The molecule has 0 saturated heterocycles. The minimum Gasteiger partial charge on any atom is -0.443 e. The van der Waals surface area contributed by atoms with Gasteiger partial charge in [0, 0.05) is 0 Å². The van der Waals surface area contributed by atoms with Crippen LogP contribution in [0.15, 0.2) is 48.7 Å². The molecule has 1 aliphatic heterocycles. The molecule has 1 aliphatic rings. The highest BCUT2D eigenvalue weighted by Gasteiger charge is 2.57. The van der Waals surface area contributed by atoms with Crippen LogP contribution in [0.25, 0.3) is 14.7 Å². The van der Waals surface area contributed by atoms with Crippen molar-refractivity contribution in [3.8, 4) is 11.1 Å². The summed E-state index contributed by atoms with van der Waals surface area (Å²) in [4.78, 5) is 54.4. The van der Waals surface area contributed by atoms with E-state index in [0.29, 0.717) is 19.6 Å². The average Bonchev–Trinajstić information content (AvgIpc) is 3.10. The lowest BCUT2D eigenvalue weighted by atomic mass is 9.94. The number of benzene rings is 2. The lowest BCUT2D eigenvalue weighted by Crippen LogP contribution is -2.61. The molecule has 0 aromatic heterocycles. The number of fused-ring (bicyclic) bond motifs is 1.